The number of nitrogens with zero attached hydrogens (tertiary/aromatic N) is 1. The van der Waals surface area contributed by atoms with Gasteiger partial charge in [-0.15, -0.1) is 0 Å². The second-order valence-electron chi connectivity index (χ2n) is 5.23. The third kappa shape index (κ3) is 1.95. The lowest BCUT2D eigenvalue weighted by Crippen LogP contribution is -2.27. The van der Waals surface area contributed by atoms with E-state index in [4.69, 9.17) is 5.73 Å². The van der Waals surface area contributed by atoms with Crippen molar-refractivity contribution < 1.29 is 4.79 Å². The van der Waals surface area contributed by atoms with Crippen LogP contribution in [-0.4, -0.2) is 23.9 Å². The van der Waals surface area contributed by atoms with Crippen LogP contribution in [0, 0.1) is 0 Å². The van der Waals surface area contributed by atoms with E-state index < -0.39 is 0 Å². The molecule has 1 aromatic rings. The highest BCUT2D eigenvalue weighted by Gasteiger charge is 2.39. The molecule has 2 fully saturated rings. The van der Waals surface area contributed by atoms with Gasteiger partial charge in [0.2, 0.25) is 0 Å². The summed E-state index contributed by atoms with van der Waals surface area (Å²) in [6.45, 7) is 1.81. The number of likely N-dealkylation sites (tertiary alicyclic amines) is 1. The predicted octanol–water partition coefficient (Wildman–Crippen LogP) is 1.87. The minimum atomic E-state index is -0.102. The lowest BCUT2D eigenvalue weighted by atomic mass is 10.0. The van der Waals surface area contributed by atoms with Gasteiger partial charge in [0, 0.05) is 24.2 Å². The Morgan fingerprint density at radius 2 is 1.71 bits per heavy atom. The first-order valence-corrected chi connectivity index (χ1v) is 6.38. The first-order valence-electron chi connectivity index (χ1n) is 6.38. The fourth-order valence-electron chi connectivity index (χ4n) is 2.47. The molecule has 0 bridgehead atoms. The van der Waals surface area contributed by atoms with E-state index in [1.807, 2.05) is 29.2 Å². The number of rotatable bonds is 2. The smallest absolute Gasteiger partial charge is 0.253 e. The molecule has 1 saturated carbocycles. The van der Waals surface area contributed by atoms with Crippen molar-refractivity contribution in [1.29, 1.82) is 0 Å². The average Bonchev–Trinajstić information content (AvgIpc) is 2.91. The van der Waals surface area contributed by atoms with Crippen molar-refractivity contribution in [1.82, 2.24) is 4.90 Å². The molecule has 0 unspecified atom stereocenters. The van der Waals surface area contributed by atoms with Gasteiger partial charge in [-0.05, 0) is 43.4 Å². The van der Waals surface area contributed by atoms with Gasteiger partial charge < -0.3 is 10.6 Å². The number of carbonyl (C=O) groups excluding carboxylic acids is 1. The molecule has 17 heavy (non-hydrogen) atoms. The summed E-state index contributed by atoms with van der Waals surface area (Å²) in [5.74, 6) is 0.163. The minimum Gasteiger partial charge on any atom is -0.339 e. The summed E-state index contributed by atoms with van der Waals surface area (Å²) in [4.78, 5) is 14.1. The number of hydrogen-bond donors (Lipinski definition) is 1. The molecule has 3 heteroatoms. The van der Waals surface area contributed by atoms with Crippen LogP contribution in [-0.2, 0) is 5.54 Å². The third-order valence-corrected chi connectivity index (χ3v) is 3.89. The molecule has 3 rings (SSSR count). The molecule has 1 amide bonds. The molecule has 1 aliphatic heterocycles. The number of carbonyl (C=O) groups is 1. The second-order valence-corrected chi connectivity index (χ2v) is 5.23. The third-order valence-electron chi connectivity index (χ3n) is 3.89. The second kappa shape index (κ2) is 3.84. The monoisotopic (exact) mass is 230 g/mol. The number of hydrogen-bond acceptors (Lipinski definition) is 2. The lowest BCUT2D eigenvalue weighted by Gasteiger charge is -2.16. The Bertz CT molecular complexity index is 428. The van der Waals surface area contributed by atoms with Crippen LogP contribution in [0.3, 0.4) is 0 Å². The first kappa shape index (κ1) is 10.8. The van der Waals surface area contributed by atoms with E-state index in [1.165, 1.54) is 0 Å². The Labute approximate surface area is 102 Å². The summed E-state index contributed by atoms with van der Waals surface area (Å²) in [6, 6.07) is 7.86. The van der Waals surface area contributed by atoms with Crippen LogP contribution in [0.1, 0.15) is 41.6 Å². The zero-order valence-corrected chi connectivity index (χ0v) is 9.98. The van der Waals surface area contributed by atoms with Crippen LogP contribution in [0.25, 0.3) is 0 Å². The summed E-state index contributed by atoms with van der Waals surface area (Å²) < 4.78 is 0. The van der Waals surface area contributed by atoms with Crippen LogP contribution in [0.4, 0.5) is 0 Å². The minimum absolute atomic E-state index is 0.102. The predicted molar refractivity (Wildman–Crippen MR) is 66.7 cm³/mol. The highest BCUT2D eigenvalue weighted by Crippen LogP contribution is 2.42. The van der Waals surface area contributed by atoms with Gasteiger partial charge in [0.15, 0.2) is 0 Å². The van der Waals surface area contributed by atoms with Crippen LogP contribution >= 0.6 is 0 Å². The molecular weight excluding hydrogens is 212 g/mol. The molecule has 1 saturated heterocycles. The Morgan fingerprint density at radius 3 is 2.24 bits per heavy atom. The molecule has 2 N–H and O–H groups in total. The van der Waals surface area contributed by atoms with Crippen molar-refractivity contribution in [2.24, 2.45) is 5.73 Å². The quantitative estimate of drug-likeness (QED) is 0.843. The summed E-state index contributed by atoms with van der Waals surface area (Å²) in [5, 5.41) is 0. The van der Waals surface area contributed by atoms with Crippen molar-refractivity contribution in [2.75, 3.05) is 13.1 Å². The van der Waals surface area contributed by atoms with Gasteiger partial charge in [0.25, 0.3) is 5.91 Å². The van der Waals surface area contributed by atoms with Crippen LogP contribution in [0.5, 0.6) is 0 Å². The summed E-state index contributed by atoms with van der Waals surface area (Å²) in [6.07, 6.45) is 4.39. The van der Waals surface area contributed by atoms with Crippen molar-refractivity contribution in [2.45, 2.75) is 31.2 Å². The van der Waals surface area contributed by atoms with Gasteiger partial charge in [0.1, 0.15) is 0 Å². The highest BCUT2D eigenvalue weighted by molar-refractivity contribution is 5.94. The fourth-order valence-corrected chi connectivity index (χ4v) is 2.47. The van der Waals surface area contributed by atoms with Crippen LogP contribution in [0.2, 0.25) is 0 Å². The van der Waals surface area contributed by atoms with Gasteiger partial charge in [-0.3, -0.25) is 4.79 Å². The Kier molecular flexibility index (Phi) is 2.44. The molecule has 0 radical (unpaired) electrons. The van der Waals surface area contributed by atoms with E-state index in [-0.39, 0.29) is 11.4 Å². The average molecular weight is 230 g/mol. The summed E-state index contributed by atoms with van der Waals surface area (Å²) >= 11 is 0. The first-order chi connectivity index (χ1) is 8.19. The molecule has 1 heterocycles. The number of amides is 1. The molecular formula is C14H18N2O. The maximum Gasteiger partial charge on any atom is 0.253 e. The van der Waals surface area contributed by atoms with E-state index in [0.29, 0.717) is 0 Å². The Hall–Kier alpha value is -1.35. The molecule has 0 aromatic heterocycles. The summed E-state index contributed by atoms with van der Waals surface area (Å²) in [5.41, 5.74) is 7.97. The fraction of sp³-hybridized carbons (Fsp3) is 0.500. The standard InChI is InChI=1S/C14H18N2O/c15-14(7-8-14)12-5-3-11(4-6-12)13(17)16-9-1-2-10-16/h3-6H,1-2,7-10,15H2. The normalized spacial score (nSPS) is 21.6. The molecule has 2 aliphatic rings. The van der Waals surface area contributed by atoms with Crippen molar-refractivity contribution in [3.63, 3.8) is 0 Å². The van der Waals surface area contributed by atoms with Crippen LogP contribution in [0.15, 0.2) is 24.3 Å². The van der Waals surface area contributed by atoms with E-state index >= 15 is 0 Å². The van der Waals surface area contributed by atoms with E-state index in [1.54, 1.807) is 0 Å². The molecule has 0 atom stereocenters. The summed E-state index contributed by atoms with van der Waals surface area (Å²) in [7, 11) is 0. The van der Waals surface area contributed by atoms with Gasteiger partial charge in [-0.1, -0.05) is 12.1 Å². The maximum absolute atomic E-state index is 12.1. The molecule has 0 spiro atoms. The largest absolute Gasteiger partial charge is 0.339 e. The Balaban J connectivity index is 1.77. The van der Waals surface area contributed by atoms with Gasteiger partial charge in [-0.25, -0.2) is 0 Å². The van der Waals surface area contributed by atoms with Crippen molar-refractivity contribution >= 4 is 5.91 Å². The van der Waals surface area contributed by atoms with Crippen LogP contribution < -0.4 is 5.73 Å². The van der Waals surface area contributed by atoms with E-state index in [2.05, 4.69) is 0 Å². The molecule has 3 nitrogen and oxygen atoms in total. The zero-order chi connectivity index (χ0) is 11.9. The van der Waals surface area contributed by atoms with Crippen molar-refractivity contribution in [3.8, 4) is 0 Å². The van der Waals surface area contributed by atoms with E-state index in [9.17, 15) is 4.79 Å². The molecule has 1 aliphatic carbocycles. The Morgan fingerprint density at radius 1 is 1.12 bits per heavy atom. The maximum atomic E-state index is 12.1. The molecule has 90 valence electrons. The SMILES string of the molecule is NC1(c2ccc(C(=O)N3CCCC3)cc2)CC1. The number of benzene rings is 1. The van der Waals surface area contributed by atoms with Gasteiger partial charge in [-0.2, -0.15) is 0 Å². The zero-order valence-electron chi connectivity index (χ0n) is 9.98. The highest BCUT2D eigenvalue weighted by atomic mass is 16.2. The lowest BCUT2D eigenvalue weighted by molar-refractivity contribution is 0.0793. The van der Waals surface area contributed by atoms with Crippen molar-refractivity contribution in [3.05, 3.63) is 35.4 Å². The topological polar surface area (TPSA) is 46.3 Å². The van der Waals surface area contributed by atoms with Gasteiger partial charge >= 0.3 is 0 Å². The van der Waals surface area contributed by atoms with E-state index in [0.717, 1.165) is 49.9 Å². The number of nitrogens with two attached hydrogens (primary N) is 1. The molecule has 1 aromatic carbocycles. The van der Waals surface area contributed by atoms with Gasteiger partial charge in [0.05, 0.1) is 0 Å².